The number of hydrogen-bond acceptors (Lipinski definition) is 6. The number of amidine groups is 1. The van der Waals surface area contributed by atoms with Crippen LogP contribution in [0, 0.1) is 5.41 Å². The zero-order valence-electron chi connectivity index (χ0n) is 14.7. The van der Waals surface area contributed by atoms with Crippen molar-refractivity contribution in [1.82, 2.24) is 5.32 Å². The second kappa shape index (κ2) is 8.46. The summed E-state index contributed by atoms with van der Waals surface area (Å²) in [5, 5.41) is 11.3. The number of rotatable bonds is 5. The van der Waals surface area contributed by atoms with Crippen molar-refractivity contribution < 1.29 is 19.1 Å². The van der Waals surface area contributed by atoms with Gasteiger partial charge in [-0.3, -0.25) is 10.7 Å². The topological polar surface area (TPSA) is 88.5 Å². The molecule has 138 valence electrons. The fraction of sp³-hybridized carbons (Fsp3) is 0.150. The average Bonchev–Trinajstić information content (AvgIpc) is 3.11. The molecule has 0 aliphatic heterocycles. The molecule has 1 aromatic heterocycles. The van der Waals surface area contributed by atoms with Crippen LogP contribution in [0.2, 0.25) is 0 Å². The molecule has 0 fully saturated rings. The summed E-state index contributed by atoms with van der Waals surface area (Å²) in [6.45, 7) is 2.21. The monoisotopic (exact) mass is 382 g/mol. The number of hydrogen-bond donors (Lipinski definition) is 2. The second-order valence-electron chi connectivity index (χ2n) is 5.65. The van der Waals surface area contributed by atoms with Crippen molar-refractivity contribution in [3.63, 3.8) is 0 Å². The smallest absolute Gasteiger partial charge is 0.413 e. The van der Waals surface area contributed by atoms with Gasteiger partial charge in [0, 0.05) is 10.3 Å². The number of alkyl carbamates (subject to hydrolysis) is 1. The molecule has 2 aromatic carbocycles. The first kappa shape index (κ1) is 18.6. The van der Waals surface area contributed by atoms with Crippen LogP contribution in [0.25, 0.3) is 10.1 Å². The first-order chi connectivity index (χ1) is 13.1. The van der Waals surface area contributed by atoms with Gasteiger partial charge >= 0.3 is 12.1 Å². The van der Waals surface area contributed by atoms with Gasteiger partial charge in [0.05, 0.1) is 6.61 Å². The van der Waals surface area contributed by atoms with Gasteiger partial charge in [-0.1, -0.05) is 30.3 Å². The molecule has 0 aliphatic rings. The quantitative estimate of drug-likeness (QED) is 0.390. The van der Waals surface area contributed by atoms with Crippen molar-refractivity contribution in [1.29, 1.82) is 5.41 Å². The van der Waals surface area contributed by atoms with Crippen molar-refractivity contribution in [3.05, 3.63) is 70.6 Å². The molecular weight excluding hydrogens is 364 g/mol. The van der Waals surface area contributed by atoms with Crippen molar-refractivity contribution in [3.8, 4) is 0 Å². The van der Waals surface area contributed by atoms with E-state index in [0.717, 1.165) is 15.6 Å². The number of amides is 1. The van der Waals surface area contributed by atoms with Crippen LogP contribution in [0.5, 0.6) is 0 Å². The third kappa shape index (κ3) is 4.71. The standard InChI is InChI=1S/C20H18N2O4S/c1-2-25-19(23)17-11-15-10-14(8-9-16(15)27-17)18(21)22-20(24)26-12-13-6-4-3-5-7-13/h3-11H,2,12H2,1H3,(H2,21,22,24). The van der Waals surface area contributed by atoms with Crippen LogP contribution >= 0.6 is 11.3 Å². The zero-order valence-corrected chi connectivity index (χ0v) is 15.5. The molecule has 27 heavy (non-hydrogen) atoms. The molecule has 0 atom stereocenters. The normalized spacial score (nSPS) is 10.4. The van der Waals surface area contributed by atoms with Gasteiger partial charge in [-0.2, -0.15) is 0 Å². The average molecular weight is 382 g/mol. The molecular formula is C20H18N2O4S. The van der Waals surface area contributed by atoms with Crippen molar-refractivity contribution >= 4 is 39.3 Å². The Morgan fingerprint density at radius 2 is 1.85 bits per heavy atom. The Kier molecular flexibility index (Phi) is 5.83. The summed E-state index contributed by atoms with van der Waals surface area (Å²) in [6, 6.07) is 16.3. The number of thiophene rings is 1. The largest absolute Gasteiger partial charge is 0.462 e. The fourth-order valence-corrected chi connectivity index (χ4v) is 3.37. The SMILES string of the molecule is CCOC(=O)c1cc2cc(C(=N)NC(=O)OCc3ccccc3)ccc2s1. The molecule has 0 bridgehead atoms. The van der Waals surface area contributed by atoms with Gasteiger partial charge in [0.2, 0.25) is 0 Å². The molecule has 6 nitrogen and oxygen atoms in total. The van der Waals surface area contributed by atoms with Gasteiger partial charge in [-0.15, -0.1) is 11.3 Å². The van der Waals surface area contributed by atoms with Crippen LogP contribution in [0.1, 0.15) is 27.7 Å². The third-order valence-corrected chi connectivity index (χ3v) is 4.82. The lowest BCUT2D eigenvalue weighted by molar-refractivity contribution is 0.0532. The van der Waals surface area contributed by atoms with Gasteiger partial charge in [-0.25, -0.2) is 9.59 Å². The highest BCUT2D eigenvalue weighted by Gasteiger charge is 2.13. The molecule has 0 aliphatic carbocycles. The van der Waals surface area contributed by atoms with Crippen molar-refractivity contribution in [2.24, 2.45) is 0 Å². The zero-order chi connectivity index (χ0) is 19.2. The minimum atomic E-state index is -0.693. The lowest BCUT2D eigenvalue weighted by Crippen LogP contribution is -2.30. The summed E-state index contributed by atoms with van der Waals surface area (Å²) < 4.78 is 11.0. The van der Waals surface area contributed by atoms with E-state index in [1.165, 1.54) is 11.3 Å². The Bertz CT molecular complexity index is 982. The lowest BCUT2D eigenvalue weighted by Gasteiger charge is -2.08. The Labute approximate surface area is 160 Å². The van der Waals surface area contributed by atoms with E-state index in [9.17, 15) is 9.59 Å². The van der Waals surface area contributed by atoms with Crippen LogP contribution in [0.3, 0.4) is 0 Å². The maximum atomic E-state index is 11.9. The maximum Gasteiger partial charge on any atom is 0.413 e. The number of esters is 1. The van der Waals surface area contributed by atoms with Crippen LogP contribution in [-0.2, 0) is 16.1 Å². The number of ether oxygens (including phenoxy) is 2. The molecule has 0 saturated carbocycles. The number of carbonyl (C=O) groups is 2. The lowest BCUT2D eigenvalue weighted by atomic mass is 10.1. The Hall–Kier alpha value is -3.19. The Balaban J connectivity index is 1.64. The van der Waals surface area contributed by atoms with E-state index in [1.807, 2.05) is 36.4 Å². The molecule has 7 heteroatoms. The molecule has 1 amide bonds. The minimum Gasteiger partial charge on any atom is -0.462 e. The van der Waals surface area contributed by atoms with E-state index in [2.05, 4.69) is 5.32 Å². The number of fused-ring (bicyclic) bond motifs is 1. The highest BCUT2D eigenvalue weighted by atomic mass is 32.1. The minimum absolute atomic E-state index is 0.0705. The fourth-order valence-electron chi connectivity index (χ4n) is 2.44. The molecule has 3 rings (SSSR count). The van der Waals surface area contributed by atoms with Gasteiger partial charge in [-0.05, 0) is 42.1 Å². The summed E-state index contributed by atoms with van der Waals surface area (Å²) in [4.78, 5) is 24.2. The Morgan fingerprint density at radius 1 is 1.07 bits per heavy atom. The van der Waals surface area contributed by atoms with Gasteiger partial charge in [0.15, 0.2) is 0 Å². The highest BCUT2D eigenvalue weighted by Crippen LogP contribution is 2.27. The van der Waals surface area contributed by atoms with Crippen molar-refractivity contribution in [2.45, 2.75) is 13.5 Å². The van der Waals surface area contributed by atoms with Gasteiger partial charge < -0.3 is 9.47 Å². The van der Waals surface area contributed by atoms with Crippen LogP contribution in [-0.4, -0.2) is 24.5 Å². The molecule has 0 saturated heterocycles. The molecule has 0 unspecified atom stereocenters. The number of carbonyl (C=O) groups excluding carboxylic acids is 2. The number of benzene rings is 2. The van der Waals surface area contributed by atoms with E-state index in [-0.39, 0.29) is 18.4 Å². The van der Waals surface area contributed by atoms with E-state index in [4.69, 9.17) is 14.9 Å². The highest BCUT2D eigenvalue weighted by molar-refractivity contribution is 7.20. The molecule has 3 aromatic rings. The predicted octanol–water partition coefficient (Wildman–Crippen LogP) is 4.33. The van der Waals surface area contributed by atoms with Crippen LogP contribution < -0.4 is 5.32 Å². The molecule has 0 spiro atoms. The predicted molar refractivity (Wildman–Crippen MR) is 104 cm³/mol. The van der Waals surface area contributed by atoms with Crippen molar-refractivity contribution in [2.75, 3.05) is 6.61 Å². The molecule has 0 radical (unpaired) electrons. The number of nitrogens with one attached hydrogen (secondary N) is 2. The molecule has 2 N–H and O–H groups in total. The summed E-state index contributed by atoms with van der Waals surface area (Å²) in [5.74, 6) is -0.434. The first-order valence-corrected chi connectivity index (χ1v) is 9.16. The first-order valence-electron chi connectivity index (χ1n) is 8.34. The maximum absolute atomic E-state index is 11.9. The van der Waals surface area contributed by atoms with E-state index >= 15 is 0 Å². The molecule has 1 heterocycles. The summed E-state index contributed by atoms with van der Waals surface area (Å²) in [7, 11) is 0. The van der Waals surface area contributed by atoms with E-state index in [0.29, 0.717) is 17.0 Å². The summed E-state index contributed by atoms with van der Waals surface area (Å²) >= 11 is 1.33. The van der Waals surface area contributed by atoms with E-state index in [1.54, 1.807) is 25.1 Å². The summed E-state index contributed by atoms with van der Waals surface area (Å²) in [5.41, 5.74) is 1.39. The third-order valence-electron chi connectivity index (χ3n) is 3.72. The van der Waals surface area contributed by atoms with Crippen LogP contribution in [0.15, 0.2) is 54.6 Å². The van der Waals surface area contributed by atoms with E-state index < -0.39 is 6.09 Å². The van der Waals surface area contributed by atoms with Gasteiger partial charge in [0.25, 0.3) is 0 Å². The van der Waals surface area contributed by atoms with Crippen LogP contribution in [0.4, 0.5) is 4.79 Å². The Morgan fingerprint density at radius 3 is 2.59 bits per heavy atom. The second-order valence-corrected chi connectivity index (χ2v) is 6.73. The summed E-state index contributed by atoms with van der Waals surface area (Å²) in [6.07, 6.45) is -0.693. The van der Waals surface area contributed by atoms with Gasteiger partial charge in [0.1, 0.15) is 17.3 Å².